The number of nitrogens with one attached hydrogen (secondary N) is 1. The molecule has 1 atom stereocenters. The van der Waals surface area contributed by atoms with Crippen LogP contribution in [-0.4, -0.2) is 48.7 Å². The van der Waals surface area contributed by atoms with Gasteiger partial charge in [0.05, 0.1) is 0 Å². The fraction of sp³-hybridized carbons (Fsp3) is 0.917. The molecule has 2 fully saturated rings. The number of amides is 1. The van der Waals surface area contributed by atoms with Gasteiger partial charge in [-0.1, -0.05) is 0 Å². The molecule has 1 unspecified atom stereocenters. The average molecular weight is 226 g/mol. The maximum Gasteiger partial charge on any atom is 0.222 e. The van der Waals surface area contributed by atoms with Gasteiger partial charge in [0, 0.05) is 26.1 Å². The quantitative estimate of drug-likeness (QED) is 0.723. The Balaban J connectivity index is 1.73. The topological polar surface area (TPSA) is 52.6 Å². The van der Waals surface area contributed by atoms with Crippen molar-refractivity contribution in [3.8, 4) is 0 Å². The standard InChI is InChI=1S/C12H22N2O2/c15-9-10-2-5-14(6-3-10)12(16)7-11-1-4-13-8-11/h10-11,13,15H,1-9H2. The molecule has 2 aliphatic rings. The Hall–Kier alpha value is -0.610. The minimum atomic E-state index is 0.272. The fourth-order valence-electron chi connectivity index (χ4n) is 2.63. The second-order valence-corrected chi connectivity index (χ2v) is 5.07. The molecule has 0 aromatic rings. The fourth-order valence-corrected chi connectivity index (χ4v) is 2.63. The van der Waals surface area contributed by atoms with Crippen LogP contribution < -0.4 is 5.32 Å². The van der Waals surface area contributed by atoms with Gasteiger partial charge >= 0.3 is 0 Å². The molecule has 2 heterocycles. The van der Waals surface area contributed by atoms with Crippen LogP contribution in [0, 0.1) is 11.8 Å². The van der Waals surface area contributed by atoms with E-state index in [1.807, 2.05) is 4.90 Å². The number of aliphatic hydroxyl groups excluding tert-OH is 1. The molecule has 2 aliphatic heterocycles. The first-order valence-corrected chi connectivity index (χ1v) is 6.39. The Bertz CT molecular complexity index is 231. The van der Waals surface area contributed by atoms with Crippen molar-refractivity contribution in [3.05, 3.63) is 0 Å². The molecule has 0 spiro atoms. The van der Waals surface area contributed by atoms with E-state index >= 15 is 0 Å². The molecule has 4 heteroatoms. The van der Waals surface area contributed by atoms with Gasteiger partial charge in [0.15, 0.2) is 0 Å². The zero-order chi connectivity index (χ0) is 11.4. The van der Waals surface area contributed by atoms with Crippen molar-refractivity contribution >= 4 is 5.91 Å². The van der Waals surface area contributed by atoms with E-state index in [1.165, 1.54) is 0 Å². The lowest BCUT2D eigenvalue weighted by Gasteiger charge is -2.31. The first kappa shape index (κ1) is 11.9. The molecular weight excluding hydrogens is 204 g/mol. The second kappa shape index (κ2) is 5.64. The predicted octanol–water partition coefficient (Wildman–Crippen LogP) is 0.217. The maximum absolute atomic E-state index is 12.0. The predicted molar refractivity (Wildman–Crippen MR) is 62.0 cm³/mol. The highest BCUT2D eigenvalue weighted by Crippen LogP contribution is 2.19. The SMILES string of the molecule is O=C(CC1CCNC1)N1CCC(CO)CC1. The van der Waals surface area contributed by atoms with Gasteiger partial charge in [0.1, 0.15) is 0 Å². The molecule has 16 heavy (non-hydrogen) atoms. The van der Waals surface area contributed by atoms with Crippen LogP contribution in [0.1, 0.15) is 25.7 Å². The van der Waals surface area contributed by atoms with E-state index in [9.17, 15) is 4.79 Å². The molecule has 2 N–H and O–H groups in total. The number of likely N-dealkylation sites (tertiary alicyclic amines) is 1. The Morgan fingerprint density at radius 1 is 1.25 bits per heavy atom. The van der Waals surface area contributed by atoms with Crippen molar-refractivity contribution in [1.29, 1.82) is 0 Å². The van der Waals surface area contributed by atoms with Gasteiger partial charge in [-0.15, -0.1) is 0 Å². The number of nitrogens with zero attached hydrogens (tertiary/aromatic N) is 1. The van der Waals surface area contributed by atoms with E-state index in [0.29, 0.717) is 24.2 Å². The summed E-state index contributed by atoms with van der Waals surface area (Å²) in [6.45, 7) is 4.01. The third-order valence-corrected chi connectivity index (χ3v) is 3.85. The van der Waals surface area contributed by atoms with Crippen molar-refractivity contribution < 1.29 is 9.90 Å². The Morgan fingerprint density at radius 3 is 2.56 bits per heavy atom. The number of carbonyl (C=O) groups is 1. The monoisotopic (exact) mass is 226 g/mol. The zero-order valence-electron chi connectivity index (χ0n) is 9.82. The summed E-state index contributed by atoms with van der Waals surface area (Å²) in [7, 11) is 0. The summed E-state index contributed by atoms with van der Waals surface area (Å²) < 4.78 is 0. The lowest BCUT2D eigenvalue weighted by molar-refractivity contribution is -0.133. The Kier molecular flexibility index (Phi) is 4.18. The molecule has 92 valence electrons. The van der Waals surface area contributed by atoms with Crippen molar-refractivity contribution in [3.63, 3.8) is 0 Å². The van der Waals surface area contributed by atoms with Crippen LogP contribution in [0.5, 0.6) is 0 Å². The number of rotatable bonds is 3. The van der Waals surface area contributed by atoms with Gasteiger partial charge in [-0.25, -0.2) is 0 Å². The molecule has 2 rings (SSSR count). The summed E-state index contributed by atoms with van der Waals surface area (Å²) in [5.41, 5.74) is 0. The first-order chi connectivity index (χ1) is 7.79. The van der Waals surface area contributed by atoms with Crippen LogP contribution >= 0.6 is 0 Å². The molecule has 0 bridgehead atoms. The molecule has 2 saturated heterocycles. The third-order valence-electron chi connectivity index (χ3n) is 3.85. The normalized spacial score (nSPS) is 27.3. The molecular formula is C12H22N2O2. The lowest BCUT2D eigenvalue weighted by Crippen LogP contribution is -2.40. The summed E-state index contributed by atoms with van der Waals surface area (Å²) in [6, 6.07) is 0. The number of hydrogen-bond acceptors (Lipinski definition) is 3. The molecule has 4 nitrogen and oxygen atoms in total. The summed E-state index contributed by atoms with van der Waals surface area (Å²) in [5.74, 6) is 1.27. The molecule has 0 saturated carbocycles. The van der Waals surface area contributed by atoms with Crippen LogP contribution in [0.4, 0.5) is 0 Å². The minimum absolute atomic E-state index is 0.272. The number of hydrogen-bond donors (Lipinski definition) is 2. The molecule has 1 amide bonds. The van der Waals surface area contributed by atoms with Crippen LogP contribution in [0.25, 0.3) is 0 Å². The Morgan fingerprint density at radius 2 is 2.00 bits per heavy atom. The number of piperidine rings is 1. The van der Waals surface area contributed by atoms with Crippen molar-refractivity contribution in [2.45, 2.75) is 25.7 Å². The summed E-state index contributed by atoms with van der Waals surface area (Å²) in [6.07, 6.45) is 3.77. The van der Waals surface area contributed by atoms with Crippen LogP contribution in [-0.2, 0) is 4.79 Å². The van der Waals surface area contributed by atoms with Crippen LogP contribution in [0.3, 0.4) is 0 Å². The summed E-state index contributed by atoms with van der Waals surface area (Å²) in [4.78, 5) is 14.0. The minimum Gasteiger partial charge on any atom is -0.396 e. The maximum atomic E-state index is 12.0. The van der Waals surface area contributed by atoms with Crippen molar-refractivity contribution in [1.82, 2.24) is 10.2 Å². The smallest absolute Gasteiger partial charge is 0.222 e. The van der Waals surface area contributed by atoms with Crippen LogP contribution in [0.15, 0.2) is 0 Å². The van der Waals surface area contributed by atoms with Gasteiger partial charge < -0.3 is 15.3 Å². The van der Waals surface area contributed by atoms with E-state index in [2.05, 4.69) is 5.32 Å². The molecule has 0 aromatic carbocycles. The van der Waals surface area contributed by atoms with E-state index < -0.39 is 0 Å². The number of carbonyl (C=O) groups excluding carboxylic acids is 1. The lowest BCUT2D eigenvalue weighted by atomic mass is 9.96. The highest BCUT2D eigenvalue weighted by atomic mass is 16.3. The molecule has 0 aromatic heterocycles. The van der Waals surface area contributed by atoms with Crippen molar-refractivity contribution in [2.75, 3.05) is 32.8 Å². The average Bonchev–Trinajstić information content (AvgIpc) is 2.82. The first-order valence-electron chi connectivity index (χ1n) is 6.39. The largest absolute Gasteiger partial charge is 0.396 e. The van der Waals surface area contributed by atoms with Gasteiger partial charge in [-0.2, -0.15) is 0 Å². The van der Waals surface area contributed by atoms with Crippen LogP contribution in [0.2, 0.25) is 0 Å². The Labute approximate surface area is 97.0 Å². The van der Waals surface area contributed by atoms with E-state index in [4.69, 9.17) is 5.11 Å². The van der Waals surface area contributed by atoms with E-state index in [0.717, 1.165) is 45.4 Å². The molecule has 0 radical (unpaired) electrons. The zero-order valence-corrected chi connectivity index (χ0v) is 9.82. The second-order valence-electron chi connectivity index (χ2n) is 5.07. The van der Waals surface area contributed by atoms with E-state index in [1.54, 1.807) is 0 Å². The molecule has 0 aliphatic carbocycles. The third kappa shape index (κ3) is 2.95. The van der Waals surface area contributed by atoms with Gasteiger partial charge in [-0.05, 0) is 44.2 Å². The van der Waals surface area contributed by atoms with E-state index in [-0.39, 0.29) is 6.61 Å². The highest BCUT2D eigenvalue weighted by molar-refractivity contribution is 5.76. The van der Waals surface area contributed by atoms with Gasteiger partial charge in [-0.3, -0.25) is 4.79 Å². The number of aliphatic hydroxyl groups is 1. The van der Waals surface area contributed by atoms with Gasteiger partial charge in [0.25, 0.3) is 0 Å². The summed E-state index contributed by atoms with van der Waals surface area (Å²) >= 11 is 0. The van der Waals surface area contributed by atoms with Gasteiger partial charge in [0.2, 0.25) is 5.91 Å². The van der Waals surface area contributed by atoms with Crippen molar-refractivity contribution in [2.24, 2.45) is 11.8 Å². The summed E-state index contributed by atoms with van der Waals surface area (Å²) in [5, 5.41) is 12.3. The highest BCUT2D eigenvalue weighted by Gasteiger charge is 2.25.